The van der Waals surface area contributed by atoms with Crippen LogP contribution in [0.1, 0.15) is 35.3 Å². The normalized spacial score (nSPS) is 11.4. The number of carbonyl (C=O) groups excluding carboxylic acids is 2. The van der Waals surface area contributed by atoms with Crippen LogP contribution in [-0.2, 0) is 17.5 Å². The van der Waals surface area contributed by atoms with E-state index in [1.54, 1.807) is 13.8 Å². The van der Waals surface area contributed by atoms with Gasteiger partial charge in [0.25, 0.3) is 5.91 Å². The Morgan fingerprint density at radius 3 is 2.56 bits per heavy atom. The summed E-state index contributed by atoms with van der Waals surface area (Å²) in [6, 6.07) is 6.30. The summed E-state index contributed by atoms with van der Waals surface area (Å²) in [4.78, 5) is 27.9. The predicted molar refractivity (Wildman–Crippen MR) is 95.3 cm³/mol. The Labute approximate surface area is 158 Å². The standard InChI is InChI=1S/C18H17ClF3N3O2/c1-10(2)16(26)25-14-8-11(6-7-23-14)17(27)24-9-12-4-3-5-13(15(12)19)18(20,21)22/h3-8,10H,9H2,1-2H3,(H,24,27)(H,23,25,26). The molecule has 0 unspecified atom stereocenters. The summed E-state index contributed by atoms with van der Waals surface area (Å²) in [6.45, 7) is 3.24. The number of nitrogens with zero attached hydrogens (tertiary/aromatic N) is 1. The van der Waals surface area contributed by atoms with E-state index < -0.39 is 22.7 Å². The van der Waals surface area contributed by atoms with Gasteiger partial charge in [-0.25, -0.2) is 4.98 Å². The number of alkyl halides is 3. The Morgan fingerprint density at radius 1 is 1.22 bits per heavy atom. The molecule has 0 aliphatic heterocycles. The number of carbonyl (C=O) groups is 2. The molecule has 0 aliphatic rings. The van der Waals surface area contributed by atoms with Crippen molar-refractivity contribution in [2.24, 2.45) is 5.92 Å². The van der Waals surface area contributed by atoms with Gasteiger partial charge in [0.15, 0.2) is 0 Å². The Hall–Kier alpha value is -2.61. The molecule has 1 aromatic carbocycles. The number of amides is 2. The highest BCUT2D eigenvalue weighted by Gasteiger charge is 2.33. The first-order valence-electron chi connectivity index (χ1n) is 7.99. The predicted octanol–water partition coefficient (Wildman–Crippen LogP) is 4.28. The molecule has 2 rings (SSSR count). The molecule has 0 radical (unpaired) electrons. The molecular formula is C18H17ClF3N3O2. The van der Waals surface area contributed by atoms with Gasteiger partial charge in [-0.1, -0.05) is 37.6 Å². The van der Waals surface area contributed by atoms with Crippen LogP contribution in [0.3, 0.4) is 0 Å². The van der Waals surface area contributed by atoms with Crippen LogP contribution in [0.2, 0.25) is 5.02 Å². The maximum atomic E-state index is 12.9. The van der Waals surface area contributed by atoms with Crippen molar-refractivity contribution in [3.05, 3.63) is 58.2 Å². The molecule has 2 N–H and O–H groups in total. The van der Waals surface area contributed by atoms with E-state index in [4.69, 9.17) is 11.6 Å². The van der Waals surface area contributed by atoms with Crippen LogP contribution in [0.15, 0.2) is 36.5 Å². The summed E-state index contributed by atoms with van der Waals surface area (Å²) < 4.78 is 38.7. The smallest absolute Gasteiger partial charge is 0.348 e. The van der Waals surface area contributed by atoms with E-state index in [2.05, 4.69) is 15.6 Å². The molecule has 2 aromatic rings. The zero-order chi connectivity index (χ0) is 20.2. The number of benzene rings is 1. The fraction of sp³-hybridized carbons (Fsp3) is 0.278. The van der Waals surface area contributed by atoms with E-state index in [-0.39, 0.29) is 35.3 Å². The number of nitrogens with one attached hydrogen (secondary N) is 2. The molecule has 0 fully saturated rings. The Bertz CT molecular complexity index is 854. The quantitative estimate of drug-likeness (QED) is 0.788. The monoisotopic (exact) mass is 399 g/mol. The van der Waals surface area contributed by atoms with Gasteiger partial charge in [0, 0.05) is 24.2 Å². The average molecular weight is 400 g/mol. The first kappa shape index (κ1) is 20.7. The number of hydrogen-bond donors (Lipinski definition) is 2. The largest absolute Gasteiger partial charge is 0.417 e. The highest BCUT2D eigenvalue weighted by molar-refractivity contribution is 6.32. The molecule has 0 spiro atoms. The molecule has 0 saturated carbocycles. The molecule has 2 amide bonds. The number of hydrogen-bond acceptors (Lipinski definition) is 3. The minimum absolute atomic E-state index is 0.141. The van der Waals surface area contributed by atoms with Crippen molar-refractivity contribution in [2.75, 3.05) is 5.32 Å². The molecule has 1 aromatic heterocycles. The van der Waals surface area contributed by atoms with E-state index in [0.29, 0.717) is 0 Å². The highest BCUT2D eigenvalue weighted by Crippen LogP contribution is 2.36. The van der Waals surface area contributed by atoms with Crippen molar-refractivity contribution in [3.8, 4) is 0 Å². The second-order valence-electron chi connectivity index (χ2n) is 6.03. The van der Waals surface area contributed by atoms with Crippen molar-refractivity contribution in [1.29, 1.82) is 0 Å². The van der Waals surface area contributed by atoms with Crippen LogP contribution in [0.5, 0.6) is 0 Å². The third-order valence-electron chi connectivity index (χ3n) is 3.62. The Kier molecular flexibility index (Phi) is 6.43. The fourth-order valence-electron chi connectivity index (χ4n) is 2.12. The van der Waals surface area contributed by atoms with E-state index in [0.717, 1.165) is 6.07 Å². The maximum absolute atomic E-state index is 12.9. The van der Waals surface area contributed by atoms with Gasteiger partial charge in [-0.3, -0.25) is 9.59 Å². The second kappa shape index (κ2) is 8.39. The first-order chi connectivity index (χ1) is 12.6. The van der Waals surface area contributed by atoms with Gasteiger partial charge >= 0.3 is 6.18 Å². The van der Waals surface area contributed by atoms with Crippen LogP contribution in [-0.4, -0.2) is 16.8 Å². The van der Waals surface area contributed by atoms with Crippen LogP contribution in [0, 0.1) is 5.92 Å². The molecule has 0 saturated heterocycles. The number of pyridine rings is 1. The lowest BCUT2D eigenvalue weighted by atomic mass is 10.1. The van der Waals surface area contributed by atoms with Crippen molar-refractivity contribution in [3.63, 3.8) is 0 Å². The summed E-state index contributed by atoms with van der Waals surface area (Å²) in [5, 5.41) is 4.62. The summed E-state index contributed by atoms with van der Waals surface area (Å²) in [7, 11) is 0. The van der Waals surface area contributed by atoms with Crippen molar-refractivity contribution in [1.82, 2.24) is 10.3 Å². The van der Waals surface area contributed by atoms with E-state index in [1.165, 1.54) is 30.5 Å². The van der Waals surface area contributed by atoms with Crippen LogP contribution >= 0.6 is 11.6 Å². The van der Waals surface area contributed by atoms with E-state index in [1.807, 2.05) is 0 Å². The van der Waals surface area contributed by atoms with Gasteiger partial charge in [-0.05, 0) is 23.8 Å². The molecular weight excluding hydrogens is 383 g/mol. The minimum Gasteiger partial charge on any atom is -0.348 e. The molecule has 27 heavy (non-hydrogen) atoms. The van der Waals surface area contributed by atoms with Gasteiger partial charge in [-0.2, -0.15) is 13.2 Å². The number of anilines is 1. The third-order valence-corrected chi connectivity index (χ3v) is 4.07. The number of halogens is 4. The lowest BCUT2D eigenvalue weighted by molar-refractivity contribution is -0.137. The summed E-state index contributed by atoms with van der Waals surface area (Å²) in [5.74, 6) is -0.840. The zero-order valence-electron chi connectivity index (χ0n) is 14.5. The molecule has 0 bridgehead atoms. The Balaban J connectivity index is 2.10. The number of rotatable bonds is 5. The lowest BCUT2D eigenvalue weighted by Gasteiger charge is -2.13. The SMILES string of the molecule is CC(C)C(=O)Nc1cc(C(=O)NCc2cccc(C(F)(F)F)c2Cl)ccn1. The van der Waals surface area contributed by atoms with E-state index >= 15 is 0 Å². The molecule has 5 nitrogen and oxygen atoms in total. The summed E-state index contributed by atoms with van der Waals surface area (Å²) in [6.07, 6.45) is -3.23. The van der Waals surface area contributed by atoms with Crippen LogP contribution < -0.4 is 10.6 Å². The van der Waals surface area contributed by atoms with Gasteiger partial charge in [0.1, 0.15) is 5.82 Å². The first-order valence-corrected chi connectivity index (χ1v) is 8.37. The zero-order valence-corrected chi connectivity index (χ0v) is 15.3. The summed E-state index contributed by atoms with van der Waals surface area (Å²) in [5.41, 5.74) is -0.618. The molecule has 1 heterocycles. The second-order valence-corrected chi connectivity index (χ2v) is 6.41. The van der Waals surface area contributed by atoms with Gasteiger partial charge < -0.3 is 10.6 Å². The average Bonchev–Trinajstić information content (AvgIpc) is 2.59. The minimum atomic E-state index is -4.58. The highest BCUT2D eigenvalue weighted by atomic mass is 35.5. The van der Waals surface area contributed by atoms with Crippen molar-refractivity contribution < 1.29 is 22.8 Å². The molecule has 0 aliphatic carbocycles. The topological polar surface area (TPSA) is 71.1 Å². The fourth-order valence-corrected chi connectivity index (χ4v) is 2.42. The molecule has 0 atom stereocenters. The molecule has 144 valence electrons. The maximum Gasteiger partial charge on any atom is 0.417 e. The van der Waals surface area contributed by atoms with Crippen LogP contribution in [0.25, 0.3) is 0 Å². The van der Waals surface area contributed by atoms with Crippen molar-refractivity contribution in [2.45, 2.75) is 26.6 Å². The van der Waals surface area contributed by atoms with Gasteiger partial charge in [0.05, 0.1) is 10.6 Å². The number of aromatic nitrogens is 1. The van der Waals surface area contributed by atoms with E-state index in [9.17, 15) is 22.8 Å². The van der Waals surface area contributed by atoms with Gasteiger partial charge in [-0.15, -0.1) is 0 Å². The van der Waals surface area contributed by atoms with Gasteiger partial charge in [0.2, 0.25) is 5.91 Å². The lowest BCUT2D eigenvalue weighted by Crippen LogP contribution is -2.24. The Morgan fingerprint density at radius 2 is 1.93 bits per heavy atom. The molecule has 9 heteroatoms. The summed E-state index contributed by atoms with van der Waals surface area (Å²) >= 11 is 5.81. The third kappa shape index (κ3) is 5.43. The van der Waals surface area contributed by atoms with Crippen molar-refractivity contribution >= 4 is 29.2 Å². The van der Waals surface area contributed by atoms with Crippen LogP contribution in [0.4, 0.5) is 19.0 Å².